The van der Waals surface area contributed by atoms with Crippen LogP contribution in [0.25, 0.3) is 0 Å². The van der Waals surface area contributed by atoms with Crippen molar-refractivity contribution in [3.05, 3.63) is 29.3 Å². The summed E-state index contributed by atoms with van der Waals surface area (Å²) in [6.45, 7) is 5.85. The van der Waals surface area contributed by atoms with Crippen LogP contribution in [0.1, 0.15) is 24.2 Å². The van der Waals surface area contributed by atoms with Crippen molar-refractivity contribution in [2.45, 2.75) is 20.0 Å². The van der Waals surface area contributed by atoms with Crippen molar-refractivity contribution in [3.8, 4) is 5.75 Å². The van der Waals surface area contributed by atoms with Gasteiger partial charge in [-0.05, 0) is 26.0 Å². The highest BCUT2D eigenvalue weighted by Crippen LogP contribution is 2.26. The quantitative estimate of drug-likeness (QED) is 0.722. The average Bonchev–Trinajstić information content (AvgIpc) is 2.35. The number of methoxy groups -OCH3 is 1. The Bertz CT molecular complexity index is 350. The summed E-state index contributed by atoms with van der Waals surface area (Å²) in [5.41, 5.74) is 1.92. The lowest BCUT2D eigenvalue weighted by atomic mass is 10.1. The molecule has 0 bridgehead atoms. The van der Waals surface area contributed by atoms with Gasteiger partial charge < -0.3 is 19.3 Å². The topological polar surface area (TPSA) is 47.9 Å². The summed E-state index contributed by atoms with van der Waals surface area (Å²) in [4.78, 5) is 0. The normalized spacial score (nSPS) is 12.4. The predicted molar refractivity (Wildman–Crippen MR) is 70.0 cm³/mol. The van der Waals surface area contributed by atoms with Crippen LogP contribution in [-0.4, -0.2) is 38.6 Å². The lowest BCUT2D eigenvalue weighted by Gasteiger charge is -2.14. The smallest absolute Gasteiger partial charge is 0.125 e. The number of aliphatic hydroxyl groups excluding tert-OH is 1. The molecule has 1 N–H and O–H groups in total. The van der Waals surface area contributed by atoms with E-state index < -0.39 is 6.10 Å². The van der Waals surface area contributed by atoms with Gasteiger partial charge in [0.25, 0.3) is 0 Å². The van der Waals surface area contributed by atoms with Gasteiger partial charge in [0.1, 0.15) is 12.4 Å². The lowest BCUT2D eigenvalue weighted by Crippen LogP contribution is -2.11. The van der Waals surface area contributed by atoms with Gasteiger partial charge >= 0.3 is 0 Å². The molecule has 102 valence electrons. The number of ether oxygens (including phenoxy) is 3. The summed E-state index contributed by atoms with van der Waals surface area (Å²) in [5, 5.41) is 9.67. The summed E-state index contributed by atoms with van der Waals surface area (Å²) >= 11 is 0. The maximum atomic E-state index is 9.67. The summed E-state index contributed by atoms with van der Waals surface area (Å²) in [7, 11) is 1.64. The molecule has 0 aromatic heterocycles. The van der Waals surface area contributed by atoms with Gasteiger partial charge in [-0.3, -0.25) is 0 Å². The Kier molecular flexibility index (Phi) is 6.72. The molecule has 0 aliphatic carbocycles. The highest BCUT2D eigenvalue weighted by molar-refractivity contribution is 5.38. The highest BCUT2D eigenvalue weighted by atomic mass is 16.5. The van der Waals surface area contributed by atoms with E-state index in [0.717, 1.165) is 11.1 Å². The number of benzene rings is 1. The first-order valence-electron chi connectivity index (χ1n) is 6.13. The van der Waals surface area contributed by atoms with Gasteiger partial charge in [-0.1, -0.05) is 11.6 Å². The molecule has 0 saturated heterocycles. The van der Waals surface area contributed by atoms with Crippen molar-refractivity contribution in [1.82, 2.24) is 0 Å². The molecule has 0 unspecified atom stereocenters. The van der Waals surface area contributed by atoms with Gasteiger partial charge in [0.15, 0.2) is 0 Å². The van der Waals surface area contributed by atoms with Crippen molar-refractivity contribution in [1.29, 1.82) is 0 Å². The van der Waals surface area contributed by atoms with Crippen molar-refractivity contribution < 1.29 is 19.3 Å². The Balaban J connectivity index is 2.42. The van der Waals surface area contributed by atoms with E-state index in [1.54, 1.807) is 14.0 Å². The maximum Gasteiger partial charge on any atom is 0.125 e. The Morgan fingerprint density at radius 1 is 1.17 bits per heavy atom. The molecule has 0 saturated carbocycles. The first kappa shape index (κ1) is 15.0. The molecule has 4 nitrogen and oxygen atoms in total. The second-order valence-corrected chi connectivity index (χ2v) is 4.17. The van der Waals surface area contributed by atoms with Crippen molar-refractivity contribution >= 4 is 0 Å². The van der Waals surface area contributed by atoms with Crippen LogP contribution in [-0.2, 0) is 9.47 Å². The molecular weight excluding hydrogens is 232 g/mol. The van der Waals surface area contributed by atoms with E-state index in [9.17, 15) is 5.11 Å². The van der Waals surface area contributed by atoms with Crippen LogP contribution in [0.5, 0.6) is 5.75 Å². The molecule has 0 fully saturated rings. The number of hydrogen-bond donors (Lipinski definition) is 1. The van der Waals surface area contributed by atoms with Gasteiger partial charge in [0.2, 0.25) is 0 Å². The third kappa shape index (κ3) is 5.04. The van der Waals surface area contributed by atoms with E-state index in [2.05, 4.69) is 0 Å². The van der Waals surface area contributed by atoms with Crippen molar-refractivity contribution in [2.75, 3.05) is 33.5 Å². The molecule has 0 amide bonds. The number of rotatable bonds is 8. The molecule has 4 heteroatoms. The molecular formula is C14H22O4. The average molecular weight is 254 g/mol. The zero-order valence-corrected chi connectivity index (χ0v) is 11.3. The molecule has 1 aromatic carbocycles. The SMILES string of the molecule is COCCOCCOc1ccc(C)cc1[C@H](C)O. The lowest BCUT2D eigenvalue weighted by molar-refractivity contribution is 0.0538. The third-order valence-electron chi connectivity index (χ3n) is 2.53. The molecule has 1 aromatic rings. The molecule has 0 aliphatic heterocycles. The molecule has 1 rings (SSSR count). The van der Waals surface area contributed by atoms with E-state index in [1.165, 1.54) is 0 Å². The zero-order chi connectivity index (χ0) is 13.4. The van der Waals surface area contributed by atoms with Gasteiger partial charge in [0, 0.05) is 12.7 Å². The van der Waals surface area contributed by atoms with Gasteiger partial charge in [-0.25, -0.2) is 0 Å². The third-order valence-corrected chi connectivity index (χ3v) is 2.53. The van der Waals surface area contributed by atoms with E-state index >= 15 is 0 Å². The van der Waals surface area contributed by atoms with Crippen LogP contribution in [0.3, 0.4) is 0 Å². The summed E-state index contributed by atoms with van der Waals surface area (Å²) < 4.78 is 15.8. The van der Waals surface area contributed by atoms with Gasteiger partial charge in [0.05, 0.1) is 25.9 Å². The standard InChI is InChI=1S/C14H22O4/c1-11-4-5-14(13(10-11)12(2)15)18-9-8-17-7-6-16-3/h4-5,10,12,15H,6-9H2,1-3H3/t12-/m0/s1. The molecule has 18 heavy (non-hydrogen) atoms. The van der Waals surface area contributed by atoms with Gasteiger partial charge in [-0.15, -0.1) is 0 Å². The number of aryl methyl sites for hydroxylation is 1. The van der Waals surface area contributed by atoms with E-state index in [0.29, 0.717) is 32.2 Å². The zero-order valence-electron chi connectivity index (χ0n) is 11.3. The molecule has 0 aliphatic rings. The maximum absolute atomic E-state index is 9.67. The van der Waals surface area contributed by atoms with Crippen LogP contribution in [0.4, 0.5) is 0 Å². The first-order chi connectivity index (χ1) is 8.65. The highest BCUT2D eigenvalue weighted by Gasteiger charge is 2.09. The van der Waals surface area contributed by atoms with Gasteiger partial charge in [-0.2, -0.15) is 0 Å². The van der Waals surface area contributed by atoms with E-state index in [1.807, 2.05) is 25.1 Å². The second kappa shape index (κ2) is 8.08. The van der Waals surface area contributed by atoms with Crippen LogP contribution >= 0.6 is 0 Å². The Hall–Kier alpha value is -1.10. The Labute approximate surface area is 108 Å². The van der Waals surface area contributed by atoms with E-state index in [4.69, 9.17) is 14.2 Å². The first-order valence-corrected chi connectivity index (χ1v) is 6.13. The van der Waals surface area contributed by atoms with Crippen LogP contribution in [0.2, 0.25) is 0 Å². The summed E-state index contributed by atoms with van der Waals surface area (Å²) in [6, 6.07) is 5.78. The second-order valence-electron chi connectivity index (χ2n) is 4.17. The fourth-order valence-corrected chi connectivity index (χ4v) is 1.58. The van der Waals surface area contributed by atoms with E-state index in [-0.39, 0.29) is 0 Å². The Morgan fingerprint density at radius 3 is 2.56 bits per heavy atom. The minimum atomic E-state index is -0.533. The molecule has 0 radical (unpaired) electrons. The van der Waals surface area contributed by atoms with Crippen LogP contribution < -0.4 is 4.74 Å². The minimum absolute atomic E-state index is 0.465. The molecule has 1 atom stereocenters. The minimum Gasteiger partial charge on any atom is -0.491 e. The largest absolute Gasteiger partial charge is 0.491 e. The summed E-state index contributed by atoms with van der Waals surface area (Å²) in [6.07, 6.45) is -0.533. The summed E-state index contributed by atoms with van der Waals surface area (Å²) in [5.74, 6) is 0.714. The molecule has 0 spiro atoms. The monoisotopic (exact) mass is 254 g/mol. The van der Waals surface area contributed by atoms with Crippen molar-refractivity contribution in [3.63, 3.8) is 0 Å². The molecule has 0 heterocycles. The Morgan fingerprint density at radius 2 is 1.89 bits per heavy atom. The number of hydrogen-bond acceptors (Lipinski definition) is 4. The van der Waals surface area contributed by atoms with Crippen molar-refractivity contribution in [2.24, 2.45) is 0 Å². The van der Waals surface area contributed by atoms with Crippen LogP contribution in [0.15, 0.2) is 18.2 Å². The fourth-order valence-electron chi connectivity index (χ4n) is 1.58. The number of aliphatic hydroxyl groups is 1. The van der Waals surface area contributed by atoms with Crippen LogP contribution in [0, 0.1) is 6.92 Å². The predicted octanol–water partition coefficient (Wildman–Crippen LogP) is 2.09. The fraction of sp³-hybridized carbons (Fsp3) is 0.571.